The summed E-state index contributed by atoms with van der Waals surface area (Å²) in [5, 5.41) is 2.97. The molecule has 4 nitrogen and oxygen atoms in total. The average molecular weight is 352 g/mol. The number of amides is 1. The number of rotatable bonds is 6. The second-order valence-corrected chi connectivity index (χ2v) is 6.91. The van der Waals surface area contributed by atoms with E-state index in [2.05, 4.69) is 22.3 Å². The second-order valence-electron chi connectivity index (χ2n) is 6.91. The quantitative estimate of drug-likeness (QED) is 0.813. The number of nitrogens with zero attached hydrogens (tertiary/aromatic N) is 1. The van der Waals surface area contributed by atoms with Crippen LogP contribution in [-0.4, -0.2) is 25.1 Å². The molecule has 3 rings (SSSR count). The number of carbonyl (C=O) groups excluding carboxylic acids is 1. The Labute approximate surface area is 156 Å². The number of benzene rings is 2. The van der Waals surface area contributed by atoms with E-state index in [-0.39, 0.29) is 5.91 Å². The van der Waals surface area contributed by atoms with Crippen molar-refractivity contribution in [1.82, 2.24) is 0 Å². The number of aryl methyl sites for hydroxylation is 1. The van der Waals surface area contributed by atoms with E-state index in [0.29, 0.717) is 6.42 Å². The van der Waals surface area contributed by atoms with Gasteiger partial charge in [-0.25, -0.2) is 0 Å². The van der Waals surface area contributed by atoms with Gasteiger partial charge in [0.15, 0.2) is 6.10 Å². The third-order valence-electron chi connectivity index (χ3n) is 4.82. The molecule has 1 aliphatic heterocycles. The fourth-order valence-electron chi connectivity index (χ4n) is 3.23. The molecule has 0 saturated carbocycles. The Hall–Kier alpha value is -2.49. The Morgan fingerprint density at radius 1 is 1.04 bits per heavy atom. The number of ether oxygens (including phenoxy) is 1. The van der Waals surface area contributed by atoms with Gasteiger partial charge in [0.25, 0.3) is 5.91 Å². The van der Waals surface area contributed by atoms with Crippen molar-refractivity contribution in [2.45, 2.75) is 45.6 Å². The summed E-state index contributed by atoms with van der Waals surface area (Å²) in [5.74, 6) is 0.608. The largest absolute Gasteiger partial charge is 0.481 e. The van der Waals surface area contributed by atoms with Crippen molar-refractivity contribution in [3.8, 4) is 5.75 Å². The summed E-state index contributed by atoms with van der Waals surface area (Å²) >= 11 is 0. The molecule has 1 fully saturated rings. The van der Waals surface area contributed by atoms with Crippen LogP contribution in [0.4, 0.5) is 11.4 Å². The van der Waals surface area contributed by atoms with E-state index in [4.69, 9.17) is 4.74 Å². The molecule has 138 valence electrons. The zero-order valence-corrected chi connectivity index (χ0v) is 15.7. The van der Waals surface area contributed by atoms with Gasteiger partial charge in [-0.2, -0.15) is 0 Å². The Bertz CT molecular complexity index is 704. The van der Waals surface area contributed by atoms with Crippen LogP contribution in [0.25, 0.3) is 0 Å². The first-order chi connectivity index (χ1) is 12.7. The van der Waals surface area contributed by atoms with E-state index in [9.17, 15) is 4.79 Å². The monoisotopic (exact) mass is 352 g/mol. The molecule has 1 N–H and O–H groups in total. The number of hydrogen-bond donors (Lipinski definition) is 1. The molecule has 0 aromatic heterocycles. The molecule has 4 heteroatoms. The molecule has 0 radical (unpaired) electrons. The molecule has 0 unspecified atom stereocenters. The highest BCUT2D eigenvalue weighted by Gasteiger charge is 2.19. The first-order valence-electron chi connectivity index (χ1n) is 9.55. The van der Waals surface area contributed by atoms with Crippen molar-refractivity contribution in [3.63, 3.8) is 0 Å². The molecule has 1 heterocycles. The summed E-state index contributed by atoms with van der Waals surface area (Å²) in [4.78, 5) is 15.0. The van der Waals surface area contributed by atoms with Crippen molar-refractivity contribution < 1.29 is 9.53 Å². The molecule has 1 saturated heterocycles. The zero-order valence-electron chi connectivity index (χ0n) is 15.7. The molecule has 2 aromatic rings. The van der Waals surface area contributed by atoms with E-state index < -0.39 is 6.10 Å². The molecule has 2 aromatic carbocycles. The molecule has 0 spiro atoms. The van der Waals surface area contributed by atoms with Gasteiger partial charge in [0.1, 0.15) is 5.75 Å². The highest BCUT2D eigenvalue weighted by molar-refractivity contribution is 5.94. The predicted octanol–water partition coefficient (Wildman–Crippen LogP) is 4.78. The number of carbonyl (C=O) groups is 1. The van der Waals surface area contributed by atoms with Crippen molar-refractivity contribution in [2.75, 3.05) is 23.3 Å². The third-order valence-corrected chi connectivity index (χ3v) is 4.82. The topological polar surface area (TPSA) is 41.6 Å². The van der Waals surface area contributed by atoms with Gasteiger partial charge in [0.05, 0.1) is 0 Å². The van der Waals surface area contributed by atoms with Crippen LogP contribution in [0.5, 0.6) is 5.75 Å². The molecule has 26 heavy (non-hydrogen) atoms. The van der Waals surface area contributed by atoms with Gasteiger partial charge in [0, 0.05) is 24.5 Å². The molecule has 0 bridgehead atoms. The second kappa shape index (κ2) is 8.75. The van der Waals surface area contributed by atoms with E-state index in [0.717, 1.165) is 24.5 Å². The van der Waals surface area contributed by atoms with Crippen LogP contribution in [0.2, 0.25) is 0 Å². The summed E-state index contributed by atoms with van der Waals surface area (Å²) in [6.07, 6.45) is 3.95. The maximum absolute atomic E-state index is 12.6. The first-order valence-corrected chi connectivity index (χ1v) is 9.55. The SMILES string of the molecule is CC[C@H](Oc1ccc(C)cc1)C(=O)Nc1ccc(N2CCCCC2)cc1. The number of piperidine rings is 1. The van der Waals surface area contributed by atoms with Crippen molar-refractivity contribution in [2.24, 2.45) is 0 Å². The highest BCUT2D eigenvalue weighted by Crippen LogP contribution is 2.22. The predicted molar refractivity (Wildman–Crippen MR) is 107 cm³/mol. The molecule has 0 aliphatic carbocycles. The smallest absolute Gasteiger partial charge is 0.265 e. The summed E-state index contributed by atoms with van der Waals surface area (Å²) in [7, 11) is 0. The summed E-state index contributed by atoms with van der Waals surface area (Å²) in [6.45, 7) is 6.22. The summed E-state index contributed by atoms with van der Waals surface area (Å²) in [6, 6.07) is 15.9. The van der Waals surface area contributed by atoms with Crippen LogP contribution < -0.4 is 15.0 Å². The lowest BCUT2D eigenvalue weighted by Crippen LogP contribution is -2.32. The lowest BCUT2D eigenvalue weighted by molar-refractivity contribution is -0.122. The number of anilines is 2. The van der Waals surface area contributed by atoms with Gasteiger partial charge in [-0.1, -0.05) is 24.6 Å². The van der Waals surface area contributed by atoms with Gasteiger partial charge in [0.2, 0.25) is 0 Å². The normalized spacial score (nSPS) is 15.4. The van der Waals surface area contributed by atoms with E-state index in [1.807, 2.05) is 50.2 Å². The van der Waals surface area contributed by atoms with Gasteiger partial charge < -0.3 is 15.0 Å². The van der Waals surface area contributed by atoms with Crippen molar-refractivity contribution in [1.29, 1.82) is 0 Å². The molecular formula is C22H28N2O2. The van der Waals surface area contributed by atoms with Crippen LogP contribution >= 0.6 is 0 Å². The Morgan fingerprint density at radius 3 is 2.31 bits per heavy atom. The summed E-state index contributed by atoms with van der Waals surface area (Å²) < 4.78 is 5.85. The van der Waals surface area contributed by atoms with Gasteiger partial charge in [-0.05, 0) is 69.0 Å². The average Bonchev–Trinajstić information content (AvgIpc) is 2.68. The summed E-state index contributed by atoms with van der Waals surface area (Å²) in [5.41, 5.74) is 3.20. The van der Waals surface area contributed by atoms with E-state index in [1.54, 1.807) is 0 Å². The van der Waals surface area contributed by atoms with Crippen LogP contribution in [0.1, 0.15) is 38.2 Å². The standard InChI is InChI=1S/C22H28N2O2/c1-3-21(26-20-13-7-17(2)8-14-20)22(25)23-18-9-11-19(12-10-18)24-15-5-4-6-16-24/h7-14,21H,3-6,15-16H2,1-2H3,(H,23,25)/t21-/m0/s1. The van der Waals surface area contributed by atoms with Crippen LogP contribution in [0.15, 0.2) is 48.5 Å². The third kappa shape index (κ3) is 4.78. The fraction of sp³-hybridized carbons (Fsp3) is 0.409. The maximum Gasteiger partial charge on any atom is 0.265 e. The number of nitrogens with one attached hydrogen (secondary N) is 1. The van der Waals surface area contributed by atoms with Gasteiger partial charge in [-0.15, -0.1) is 0 Å². The lowest BCUT2D eigenvalue weighted by Gasteiger charge is -2.28. The maximum atomic E-state index is 12.6. The Kier molecular flexibility index (Phi) is 6.16. The molecular weight excluding hydrogens is 324 g/mol. The van der Waals surface area contributed by atoms with Crippen LogP contribution in [0, 0.1) is 6.92 Å². The molecule has 1 amide bonds. The molecule has 1 aliphatic rings. The minimum atomic E-state index is -0.500. The van der Waals surface area contributed by atoms with E-state index >= 15 is 0 Å². The Balaban J connectivity index is 1.59. The Morgan fingerprint density at radius 2 is 1.69 bits per heavy atom. The minimum absolute atomic E-state index is 0.112. The van der Waals surface area contributed by atoms with Crippen molar-refractivity contribution >= 4 is 17.3 Å². The van der Waals surface area contributed by atoms with Gasteiger partial charge >= 0.3 is 0 Å². The van der Waals surface area contributed by atoms with Crippen LogP contribution in [0.3, 0.4) is 0 Å². The first kappa shape index (κ1) is 18.3. The minimum Gasteiger partial charge on any atom is -0.481 e. The fourth-order valence-corrected chi connectivity index (χ4v) is 3.23. The molecule has 1 atom stereocenters. The highest BCUT2D eigenvalue weighted by atomic mass is 16.5. The van der Waals surface area contributed by atoms with Gasteiger partial charge in [-0.3, -0.25) is 4.79 Å². The van der Waals surface area contributed by atoms with E-state index in [1.165, 1.54) is 30.5 Å². The van der Waals surface area contributed by atoms with Crippen LogP contribution in [-0.2, 0) is 4.79 Å². The lowest BCUT2D eigenvalue weighted by atomic mass is 10.1. The van der Waals surface area contributed by atoms with Crippen molar-refractivity contribution in [3.05, 3.63) is 54.1 Å². The zero-order chi connectivity index (χ0) is 18.4. The number of hydrogen-bond acceptors (Lipinski definition) is 3.